The van der Waals surface area contributed by atoms with Crippen molar-refractivity contribution in [3.05, 3.63) is 54.4 Å². The molecule has 7 nitrogen and oxygen atoms in total. The van der Waals surface area contributed by atoms with Crippen LogP contribution >= 0.6 is 0 Å². The van der Waals surface area contributed by atoms with Gasteiger partial charge >= 0.3 is 0 Å². The average molecular weight is 443 g/mol. The number of para-hydroxylation sites is 1. The second kappa shape index (κ2) is 9.38. The topological polar surface area (TPSA) is 67.7 Å². The number of sulfonamides is 1. The molecule has 3 aromatic rings. The van der Waals surface area contributed by atoms with Crippen LogP contribution in [0.25, 0.3) is 11.0 Å². The van der Waals surface area contributed by atoms with Gasteiger partial charge in [0, 0.05) is 31.9 Å². The number of morpholine rings is 1. The van der Waals surface area contributed by atoms with E-state index in [1.807, 2.05) is 24.3 Å². The van der Waals surface area contributed by atoms with Crippen molar-refractivity contribution in [3.8, 4) is 0 Å². The van der Waals surface area contributed by atoms with Gasteiger partial charge in [0.2, 0.25) is 10.0 Å². The van der Waals surface area contributed by atoms with E-state index in [0.717, 1.165) is 42.1 Å². The van der Waals surface area contributed by atoms with Gasteiger partial charge in [-0.25, -0.2) is 13.4 Å². The number of aromatic nitrogens is 2. The Kier molecular flexibility index (Phi) is 6.60. The lowest BCUT2D eigenvalue weighted by atomic mass is 10.3. The van der Waals surface area contributed by atoms with E-state index in [9.17, 15) is 8.42 Å². The number of anilines is 1. The highest BCUT2D eigenvalue weighted by atomic mass is 32.2. The maximum atomic E-state index is 13.1. The summed E-state index contributed by atoms with van der Waals surface area (Å²) in [6, 6.07) is 15.6. The minimum atomic E-state index is -3.55. The third kappa shape index (κ3) is 4.46. The molecule has 2 aromatic carbocycles. The van der Waals surface area contributed by atoms with E-state index >= 15 is 0 Å². The van der Waals surface area contributed by atoms with E-state index in [4.69, 9.17) is 9.72 Å². The summed E-state index contributed by atoms with van der Waals surface area (Å²) < 4.78 is 35.2. The number of ether oxygens (including phenoxy) is 1. The Morgan fingerprint density at radius 3 is 2.48 bits per heavy atom. The maximum Gasteiger partial charge on any atom is 0.243 e. The molecule has 0 spiro atoms. The SMILES string of the molecule is CCCn1c(CN(CC)c2ccccc2)nc2cc(S(=O)(=O)N3CCOCC3)ccc21. The largest absolute Gasteiger partial charge is 0.379 e. The van der Waals surface area contributed by atoms with E-state index in [2.05, 4.69) is 35.4 Å². The fourth-order valence-electron chi connectivity index (χ4n) is 4.04. The van der Waals surface area contributed by atoms with E-state index in [1.54, 1.807) is 12.1 Å². The first-order chi connectivity index (χ1) is 15.0. The normalized spacial score (nSPS) is 15.4. The minimum Gasteiger partial charge on any atom is -0.379 e. The van der Waals surface area contributed by atoms with Crippen molar-refractivity contribution in [2.24, 2.45) is 0 Å². The number of aryl methyl sites for hydroxylation is 1. The van der Waals surface area contributed by atoms with E-state index in [-0.39, 0.29) is 0 Å². The molecule has 0 amide bonds. The van der Waals surface area contributed by atoms with Crippen molar-refractivity contribution in [2.75, 3.05) is 37.7 Å². The van der Waals surface area contributed by atoms with Crippen molar-refractivity contribution in [2.45, 2.75) is 38.3 Å². The molecular weight excluding hydrogens is 412 g/mol. The van der Waals surface area contributed by atoms with Crippen LogP contribution in [-0.4, -0.2) is 55.1 Å². The van der Waals surface area contributed by atoms with Crippen LogP contribution in [-0.2, 0) is 27.8 Å². The molecule has 0 atom stereocenters. The van der Waals surface area contributed by atoms with Gasteiger partial charge in [0.05, 0.1) is 35.7 Å². The van der Waals surface area contributed by atoms with Crippen LogP contribution in [0.5, 0.6) is 0 Å². The molecule has 1 saturated heterocycles. The molecule has 2 heterocycles. The van der Waals surface area contributed by atoms with Gasteiger partial charge < -0.3 is 14.2 Å². The third-order valence-electron chi connectivity index (χ3n) is 5.69. The highest BCUT2D eigenvalue weighted by Gasteiger charge is 2.27. The number of benzene rings is 2. The number of hydrogen-bond acceptors (Lipinski definition) is 5. The molecule has 1 aromatic heterocycles. The number of nitrogens with zero attached hydrogens (tertiary/aromatic N) is 4. The fraction of sp³-hybridized carbons (Fsp3) is 0.435. The van der Waals surface area contributed by atoms with Crippen molar-refractivity contribution >= 4 is 26.7 Å². The molecule has 0 N–H and O–H groups in total. The highest BCUT2D eigenvalue weighted by molar-refractivity contribution is 7.89. The van der Waals surface area contributed by atoms with Crippen molar-refractivity contribution in [1.82, 2.24) is 13.9 Å². The van der Waals surface area contributed by atoms with Crippen LogP contribution in [0.1, 0.15) is 26.1 Å². The van der Waals surface area contributed by atoms with Gasteiger partial charge in [-0.2, -0.15) is 4.31 Å². The first-order valence-corrected chi connectivity index (χ1v) is 12.4. The molecule has 31 heavy (non-hydrogen) atoms. The zero-order valence-corrected chi connectivity index (χ0v) is 19.0. The van der Waals surface area contributed by atoms with E-state index < -0.39 is 10.0 Å². The molecule has 0 saturated carbocycles. The second-order valence-electron chi connectivity index (χ2n) is 7.70. The van der Waals surface area contributed by atoms with E-state index in [0.29, 0.717) is 37.7 Å². The number of fused-ring (bicyclic) bond motifs is 1. The monoisotopic (exact) mass is 442 g/mol. The van der Waals surface area contributed by atoms with Gasteiger partial charge in [0.1, 0.15) is 5.82 Å². The van der Waals surface area contributed by atoms with Crippen LogP contribution in [0.15, 0.2) is 53.4 Å². The van der Waals surface area contributed by atoms with Gasteiger partial charge in [0.15, 0.2) is 0 Å². The molecule has 4 rings (SSSR count). The molecule has 1 aliphatic heterocycles. The van der Waals surface area contributed by atoms with E-state index in [1.165, 1.54) is 4.31 Å². The molecule has 0 bridgehead atoms. The molecule has 0 aliphatic carbocycles. The number of imidazole rings is 1. The molecule has 8 heteroatoms. The zero-order chi connectivity index (χ0) is 21.8. The Balaban J connectivity index is 1.70. The van der Waals surface area contributed by atoms with Crippen LogP contribution in [0.4, 0.5) is 5.69 Å². The molecular formula is C23H30N4O3S. The quantitative estimate of drug-likeness (QED) is 0.534. The van der Waals surface area contributed by atoms with Gasteiger partial charge in [0.25, 0.3) is 0 Å². The summed E-state index contributed by atoms with van der Waals surface area (Å²) in [4.78, 5) is 7.45. The van der Waals surface area contributed by atoms with Gasteiger partial charge in [-0.1, -0.05) is 25.1 Å². The average Bonchev–Trinajstić information content (AvgIpc) is 3.15. The molecule has 1 fully saturated rings. The van der Waals surface area contributed by atoms with Crippen LogP contribution < -0.4 is 4.90 Å². The smallest absolute Gasteiger partial charge is 0.243 e. The number of rotatable bonds is 8. The van der Waals surface area contributed by atoms with Crippen LogP contribution in [0.2, 0.25) is 0 Å². The Morgan fingerprint density at radius 1 is 1.06 bits per heavy atom. The number of hydrogen-bond donors (Lipinski definition) is 0. The summed E-state index contributed by atoms with van der Waals surface area (Å²) >= 11 is 0. The summed E-state index contributed by atoms with van der Waals surface area (Å²) in [6.07, 6.45) is 0.976. The Hall–Kier alpha value is -2.42. The lowest BCUT2D eigenvalue weighted by Crippen LogP contribution is -2.40. The van der Waals surface area contributed by atoms with Crippen molar-refractivity contribution in [1.29, 1.82) is 0 Å². The molecule has 0 radical (unpaired) electrons. The summed E-state index contributed by atoms with van der Waals surface area (Å²) in [5.74, 6) is 0.948. The van der Waals surface area contributed by atoms with Gasteiger partial charge in [-0.15, -0.1) is 0 Å². The zero-order valence-electron chi connectivity index (χ0n) is 18.2. The van der Waals surface area contributed by atoms with Crippen molar-refractivity contribution < 1.29 is 13.2 Å². The summed E-state index contributed by atoms with van der Waals surface area (Å²) in [5, 5.41) is 0. The molecule has 166 valence electrons. The fourth-order valence-corrected chi connectivity index (χ4v) is 5.47. The first-order valence-electron chi connectivity index (χ1n) is 10.9. The Labute approximate surface area is 184 Å². The van der Waals surface area contributed by atoms with Crippen molar-refractivity contribution in [3.63, 3.8) is 0 Å². The predicted molar refractivity (Wildman–Crippen MR) is 123 cm³/mol. The summed E-state index contributed by atoms with van der Waals surface area (Å²) in [7, 11) is -3.55. The summed E-state index contributed by atoms with van der Waals surface area (Å²) in [6.45, 7) is 8.28. The highest BCUT2D eigenvalue weighted by Crippen LogP contribution is 2.25. The Morgan fingerprint density at radius 2 is 1.81 bits per heavy atom. The minimum absolute atomic E-state index is 0.296. The van der Waals surface area contributed by atoms with Crippen LogP contribution in [0.3, 0.4) is 0 Å². The van der Waals surface area contributed by atoms with Gasteiger partial charge in [-0.3, -0.25) is 0 Å². The van der Waals surface area contributed by atoms with Gasteiger partial charge in [-0.05, 0) is 43.7 Å². The predicted octanol–water partition coefficient (Wildman–Crippen LogP) is 3.49. The standard InChI is InChI=1S/C23H30N4O3S/c1-3-12-27-22-11-10-20(31(28,29)26-13-15-30-16-14-26)17-21(22)24-23(27)18-25(4-2)19-8-6-5-7-9-19/h5-11,17H,3-4,12-16,18H2,1-2H3. The second-order valence-corrected chi connectivity index (χ2v) is 9.63. The van der Waals surface area contributed by atoms with Crippen LogP contribution in [0, 0.1) is 0 Å². The Bertz CT molecular complexity index is 1120. The maximum absolute atomic E-state index is 13.1. The first kappa shape index (κ1) is 21.8. The lowest BCUT2D eigenvalue weighted by Gasteiger charge is -2.26. The lowest BCUT2D eigenvalue weighted by molar-refractivity contribution is 0.0730. The summed E-state index contributed by atoms with van der Waals surface area (Å²) in [5.41, 5.74) is 2.85. The molecule has 0 unspecified atom stereocenters. The molecule has 1 aliphatic rings. The third-order valence-corrected chi connectivity index (χ3v) is 7.58.